The normalized spacial score (nSPS) is 10.7. The van der Waals surface area contributed by atoms with Gasteiger partial charge in [0.25, 0.3) is 5.91 Å². The summed E-state index contributed by atoms with van der Waals surface area (Å²) in [6.07, 6.45) is 1.30. The van der Waals surface area contributed by atoms with Crippen LogP contribution in [-0.2, 0) is 0 Å². The zero-order chi connectivity index (χ0) is 14.7. The van der Waals surface area contributed by atoms with Crippen LogP contribution in [0.4, 0.5) is 18.9 Å². The summed E-state index contributed by atoms with van der Waals surface area (Å²) in [7, 11) is 0. The lowest BCUT2D eigenvalue weighted by molar-refractivity contribution is -0.0521. The van der Waals surface area contributed by atoms with Crippen LogP contribution in [0.5, 0.6) is 5.75 Å². The first-order valence-electron chi connectivity index (χ1n) is 5.26. The first-order valence-corrected chi connectivity index (χ1v) is 6.05. The molecule has 8 heteroatoms. The van der Waals surface area contributed by atoms with E-state index in [1.165, 1.54) is 18.4 Å². The maximum Gasteiger partial charge on any atom is 0.387 e. The van der Waals surface area contributed by atoms with E-state index in [4.69, 9.17) is 4.42 Å². The van der Waals surface area contributed by atoms with Crippen molar-refractivity contribution in [2.75, 3.05) is 5.32 Å². The summed E-state index contributed by atoms with van der Waals surface area (Å²) in [6, 6.07) is 4.54. The predicted octanol–water partition coefficient (Wildman–Crippen LogP) is 4.03. The minimum atomic E-state index is -3.12. The van der Waals surface area contributed by atoms with Gasteiger partial charge in [0.1, 0.15) is 0 Å². The lowest BCUT2D eigenvalue weighted by atomic mass is 10.2. The molecule has 2 aromatic rings. The Morgan fingerprint density at radius 2 is 2.10 bits per heavy atom. The van der Waals surface area contributed by atoms with Crippen LogP contribution in [0.15, 0.2) is 39.6 Å². The Labute approximate surface area is 119 Å². The van der Waals surface area contributed by atoms with Gasteiger partial charge in [0, 0.05) is 11.8 Å². The Bertz CT molecular complexity index is 630. The molecule has 0 spiro atoms. The molecule has 0 fully saturated rings. The molecule has 0 saturated carbocycles. The molecule has 0 unspecified atom stereocenters. The average molecular weight is 350 g/mol. The van der Waals surface area contributed by atoms with E-state index in [9.17, 15) is 18.0 Å². The van der Waals surface area contributed by atoms with E-state index >= 15 is 0 Å². The summed E-state index contributed by atoms with van der Waals surface area (Å²) in [5.41, 5.74) is 0.320. The summed E-state index contributed by atoms with van der Waals surface area (Å²) < 4.78 is 46.5. The molecule has 0 aliphatic rings. The second-order valence-electron chi connectivity index (χ2n) is 3.59. The highest BCUT2D eigenvalue weighted by molar-refractivity contribution is 9.10. The third kappa shape index (κ3) is 3.32. The Morgan fingerprint density at radius 1 is 1.35 bits per heavy atom. The highest BCUT2D eigenvalue weighted by Crippen LogP contribution is 2.24. The number of rotatable bonds is 4. The van der Waals surface area contributed by atoms with Gasteiger partial charge in [-0.2, -0.15) is 8.78 Å². The van der Waals surface area contributed by atoms with Crippen LogP contribution in [0.1, 0.15) is 10.4 Å². The minimum absolute atomic E-state index is 0.0993. The fourth-order valence-electron chi connectivity index (χ4n) is 1.42. The Kier molecular flexibility index (Phi) is 4.33. The predicted molar refractivity (Wildman–Crippen MR) is 67.4 cm³/mol. The maximum absolute atomic E-state index is 13.4. The molecule has 1 amide bonds. The molecule has 106 valence electrons. The van der Waals surface area contributed by atoms with Gasteiger partial charge in [-0.05, 0) is 34.1 Å². The standard InChI is InChI=1S/C12H7BrF3NO3/c13-10-7(3-4-19-10)11(18)17-6-1-2-9(8(14)5-6)20-12(15)16/h1-5,12H,(H,17,18). The molecule has 0 saturated heterocycles. The van der Waals surface area contributed by atoms with Crippen LogP contribution in [-0.4, -0.2) is 12.5 Å². The van der Waals surface area contributed by atoms with Crippen molar-refractivity contribution < 1.29 is 27.1 Å². The first kappa shape index (κ1) is 14.4. The zero-order valence-corrected chi connectivity index (χ0v) is 11.3. The molecule has 1 aromatic heterocycles. The highest BCUT2D eigenvalue weighted by atomic mass is 79.9. The van der Waals surface area contributed by atoms with E-state index in [-0.39, 0.29) is 15.9 Å². The van der Waals surface area contributed by atoms with E-state index < -0.39 is 24.1 Å². The maximum atomic E-state index is 13.4. The van der Waals surface area contributed by atoms with Gasteiger partial charge in [-0.25, -0.2) is 4.39 Å². The lowest BCUT2D eigenvalue weighted by Crippen LogP contribution is -2.12. The van der Waals surface area contributed by atoms with Gasteiger partial charge in [-0.1, -0.05) is 0 Å². The van der Waals surface area contributed by atoms with Gasteiger partial charge in [0.2, 0.25) is 0 Å². The minimum Gasteiger partial charge on any atom is -0.457 e. The quantitative estimate of drug-likeness (QED) is 0.906. The number of nitrogens with one attached hydrogen (secondary N) is 1. The van der Waals surface area contributed by atoms with E-state index in [1.807, 2.05) is 0 Å². The van der Waals surface area contributed by atoms with Gasteiger partial charge in [-0.15, -0.1) is 0 Å². The van der Waals surface area contributed by atoms with Crippen LogP contribution in [0, 0.1) is 5.82 Å². The van der Waals surface area contributed by atoms with Crippen LogP contribution >= 0.6 is 15.9 Å². The number of anilines is 1. The van der Waals surface area contributed by atoms with Crippen molar-refractivity contribution in [3.63, 3.8) is 0 Å². The molecule has 1 heterocycles. The van der Waals surface area contributed by atoms with E-state index in [0.717, 1.165) is 12.1 Å². The van der Waals surface area contributed by atoms with Crippen LogP contribution in [0.25, 0.3) is 0 Å². The van der Waals surface area contributed by atoms with E-state index in [0.29, 0.717) is 0 Å². The van der Waals surface area contributed by atoms with E-state index in [2.05, 4.69) is 26.0 Å². The molecular weight excluding hydrogens is 343 g/mol. The second-order valence-corrected chi connectivity index (χ2v) is 4.31. The van der Waals surface area contributed by atoms with Crippen molar-refractivity contribution in [2.45, 2.75) is 6.61 Å². The third-order valence-corrected chi connectivity index (χ3v) is 2.88. The van der Waals surface area contributed by atoms with Gasteiger partial charge in [-0.3, -0.25) is 4.79 Å². The third-order valence-electron chi connectivity index (χ3n) is 2.27. The molecular formula is C12H7BrF3NO3. The molecule has 20 heavy (non-hydrogen) atoms. The number of carbonyl (C=O) groups is 1. The number of ether oxygens (including phenoxy) is 1. The lowest BCUT2D eigenvalue weighted by Gasteiger charge is -2.08. The number of amides is 1. The monoisotopic (exact) mass is 349 g/mol. The summed E-state index contributed by atoms with van der Waals surface area (Å²) >= 11 is 3.03. The van der Waals surface area contributed by atoms with Gasteiger partial charge in [0.05, 0.1) is 11.8 Å². The average Bonchev–Trinajstić information content (AvgIpc) is 2.78. The van der Waals surface area contributed by atoms with Crippen LogP contribution in [0.3, 0.4) is 0 Å². The van der Waals surface area contributed by atoms with Gasteiger partial charge in [0.15, 0.2) is 16.2 Å². The molecule has 0 aliphatic carbocycles. The number of carbonyl (C=O) groups excluding carboxylic acids is 1. The topological polar surface area (TPSA) is 51.5 Å². The van der Waals surface area contributed by atoms with Crippen molar-refractivity contribution in [1.82, 2.24) is 0 Å². The summed E-state index contributed by atoms with van der Waals surface area (Å²) in [6.45, 7) is -3.12. The molecule has 1 aromatic carbocycles. The number of benzene rings is 1. The molecule has 0 bridgehead atoms. The molecule has 0 atom stereocenters. The fourth-order valence-corrected chi connectivity index (χ4v) is 1.84. The van der Waals surface area contributed by atoms with Crippen molar-refractivity contribution in [3.8, 4) is 5.75 Å². The number of hydrogen-bond donors (Lipinski definition) is 1. The fraction of sp³-hybridized carbons (Fsp3) is 0.0833. The zero-order valence-electron chi connectivity index (χ0n) is 9.70. The second kappa shape index (κ2) is 6.00. The van der Waals surface area contributed by atoms with Gasteiger partial charge >= 0.3 is 6.61 Å². The summed E-state index contributed by atoms with van der Waals surface area (Å²) in [5.74, 6) is -2.13. The SMILES string of the molecule is O=C(Nc1ccc(OC(F)F)c(F)c1)c1ccoc1Br. The van der Waals surface area contributed by atoms with Crippen molar-refractivity contribution in [3.05, 3.63) is 46.6 Å². The molecule has 0 radical (unpaired) electrons. The van der Waals surface area contributed by atoms with Crippen LogP contribution in [0.2, 0.25) is 0 Å². The smallest absolute Gasteiger partial charge is 0.387 e. The number of hydrogen-bond acceptors (Lipinski definition) is 3. The molecule has 0 aliphatic heterocycles. The number of halogens is 4. The number of alkyl halides is 2. The molecule has 1 N–H and O–H groups in total. The number of furan rings is 1. The molecule has 4 nitrogen and oxygen atoms in total. The highest BCUT2D eigenvalue weighted by Gasteiger charge is 2.15. The largest absolute Gasteiger partial charge is 0.457 e. The Balaban J connectivity index is 2.13. The van der Waals surface area contributed by atoms with Crippen molar-refractivity contribution in [1.29, 1.82) is 0 Å². The first-order chi connectivity index (χ1) is 9.47. The van der Waals surface area contributed by atoms with E-state index in [1.54, 1.807) is 0 Å². The van der Waals surface area contributed by atoms with Crippen molar-refractivity contribution >= 4 is 27.5 Å². The Morgan fingerprint density at radius 3 is 2.65 bits per heavy atom. The van der Waals surface area contributed by atoms with Gasteiger partial charge < -0.3 is 14.5 Å². The summed E-state index contributed by atoms with van der Waals surface area (Å²) in [4.78, 5) is 11.8. The van der Waals surface area contributed by atoms with Crippen molar-refractivity contribution in [2.24, 2.45) is 0 Å². The Hall–Kier alpha value is -1.96. The van der Waals surface area contributed by atoms with Crippen LogP contribution < -0.4 is 10.1 Å². The summed E-state index contributed by atoms with van der Waals surface area (Å²) in [5, 5.41) is 2.39. The molecule has 2 rings (SSSR count).